The van der Waals surface area contributed by atoms with Gasteiger partial charge in [0.1, 0.15) is 0 Å². The fourth-order valence-electron chi connectivity index (χ4n) is 1.65. The topological polar surface area (TPSA) is 78.6 Å². The number of rotatable bonds is 4. The van der Waals surface area contributed by atoms with E-state index in [1.54, 1.807) is 6.07 Å². The quantitative estimate of drug-likeness (QED) is 0.499. The van der Waals surface area contributed by atoms with E-state index >= 15 is 0 Å². The summed E-state index contributed by atoms with van der Waals surface area (Å²) >= 11 is 0. The van der Waals surface area contributed by atoms with E-state index < -0.39 is 18.2 Å². The van der Waals surface area contributed by atoms with Crippen LogP contribution in [0.5, 0.6) is 0 Å². The van der Waals surface area contributed by atoms with Gasteiger partial charge in [-0.1, -0.05) is 12.1 Å². The summed E-state index contributed by atoms with van der Waals surface area (Å²) in [5.41, 5.74) is 8.20. The van der Waals surface area contributed by atoms with Crippen molar-refractivity contribution in [3.05, 3.63) is 29.3 Å². The Morgan fingerprint density at radius 1 is 1.22 bits per heavy atom. The Morgan fingerprint density at radius 3 is 2.22 bits per heavy atom. The predicted molar refractivity (Wildman–Crippen MR) is 66.6 cm³/mol. The van der Waals surface area contributed by atoms with Crippen LogP contribution in [-0.4, -0.2) is 18.2 Å². The molecule has 0 aromatic heterocycles. The average molecular weight is 251 g/mol. The number of hydrogen-bond acceptors (Lipinski definition) is 5. The zero-order chi connectivity index (χ0) is 13.7. The molecule has 5 nitrogen and oxygen atoms in total. The van der Waals surface area contributed by atoms with E-state index in [2.05, 4.69) is 0 Å². The van der Waals surface area contributed by atoms with Crippen LogP contribution in [0, 0.1) is 6.92 Å². The van der Waals surface area contributed by atoms with Crippen molar-refractivity contribution < 1.29 is 19.1 Å². The standard InChI is InChI=1S/C13H17NO4/c1-8-5-4-6-12(14)11(8)7-13(17-9(2)15)18-10(3)16/h4-6,13H,7,14H2,1-3H3. The number of ether oxygens (including phenoxy) is 2. The minimum atomic E-state index is -0.941. The Labute approximate surface area is 106 Å². The highest BCUT2D eigenvalue weighted by Crippen LogP contribution is 2.19. The molecular formula is C13H17NO4. The highest BCUT2D eigenvalue weighted by Gasteiger charge is 2.18. The zero-order valence-corrected chi connectivity index (χ0v) is 10.7. The Hall–Kier alpha value is -2.04. The fourth-order valence-corrected chi connectivity index (χ4v) is 1.65. The molecule has 0 unspecified atom stereocenters. The van der Waals surface area contributed by atoms with Crippen molar-refractivity contribution in [1.29, 1.82) is 0 Å². The smallest absolute Gasteiger partial charge is 0.305 e. The number of benzene rings is 1. The lowest BCUT2D eigenvalue weighted by Crippen LogP contribution is -2.25. The number of aryl methyl sites for hydroxylation is 1. The molecule has 0 radical (unpaired) electrons. The monoisotopic (exact) mass is 251 g/mol. The first-order valence-electron chi connectivity index (χ1n) is 5.58. The molecule has 0 aliphatic rings. The first-order chi connectivity index (χ1) is 8.40. The minimum Gasteiger partial charge on any atom is -0.425 e. The van der Waals surface area contributed by atoms with Crippen LogP contribution in [0.15, 0.2) is 18.2 Å². The van der Waals surface area contributed by atoms with Crippen LogP contribution in [0.3, 0.4) is 0 Å². The first kappa shape index (κ1) is 14.0. The number of nitrogen functional groups attached to an aromatic ring is 1. The highest BCUT2D eigenvalue weighted by atomic mass is 16.7. The molecule has 0 spiro atoms. The van der Waals surface area contributed by atoms with Crippen molar-refractivity contribution >= 4 is 17.6 Å². The van der Waals surface area contributed by atoms with Gasteiger partial charge in [0.05, 0.1) is 0 Å². The van der Waals surface area contributed by atoms with Crippen molar-refractivity contribution in [3.63, 3.8) is 0 Å². The largest absolute Gasteiger partial charge is 0.425 e. The summed E-state index contributed by atoms with van der Waals surface area (Å²) in [6.45, 7) is 4.42. The number of carbonyl (C=O) groups is 2. The molecule has 0 atom stereocenters. The number of carbonyl (C=O) groups excluding carboxylic acids is 2. The minimum absolute atomic E-state index is 0.248. The summed E-state index contributed by atoms with van der Waals surface area (Å²) in [7, 11) is 0. The second kappa shape index (κ2) is 6.05. The van der Waals surface area contributed by atoms with Gasteiger partial charge in [-0.05, 0) is 24.1 Å². The maximum absolute atomic E-state index is 11.0. The SMILES string of the molecule is CC(=O)OC(Cc1c(C)cccc1N)OC(C)=O. The molecule has 18 heavy (non-hydrogen) atoms. The van der Waals surface area contributed by atoms with Crippen LogP contribution in [0.4, 0.5) is 5.69 Å². The molecule has 98 valence electrons. The van der Waals surface area contributed by atoms with Crippen molar-refractivity contribution in [1.82, 2.24) is 0 Å². The number of hydrogen-bond donors (Lipinski definition) is 1. The molecular weight excluding hydrogens is 234 g/mol. The number of anilines is 1. The Kier molecular flexibility index (Phi) is 4.71. The van der Waals surface area contributed by atoms with Gasteiger partial charge in [-0.25, -0.2) is 0 Å². The number of nitrogens with two attached hydrogens (primary N) is 1. The van der Waals surface area contributed by atoms with Gasteiger partial charge in [0.25, 0.3) is 6.29 Å². The number of esters is 2. The van der Waals surface area contributed by atoms with E-state index in [0.717, 1.165) is 11.1 Å². The van der Waals surface area contributed by atoms with E-state index in [1.807, 2.05) is 19.1 Å². The fraction of sp³-hybridized carbons (Fsp3) is 0.385. The molecule has 0 saturated heterocycles. The Bertz CT molecular complexity index is 420. The van der Waals surface area contributed by atoms with Gasteiger partial charge < -0.3 is 15.2 Å². The summed E-state index contributed by atoms with van der Waals surface area (Å²) in [5.74, 6) is -1.01. The van der Waals surface area contributed by atoms with Crippen molar-refractivity contribution in [3.8, 4) is 0 Å². The molecule has 0 bridgehead atoms. The zero-order valence-electron chi connectivity index (χ0n) is 10.7. The third-order valence-electron chi connectivity index (χ3n) is 2.41. The molecule has 0 aliphatic carbocycles. The van der Waals surface area contributed by atoms with Gasteiger partial charge in [-0.3, -0.25) is 9.59 Å². The lowest BCUT2D eigenvalue weighted by atomic mass is 10.0. The summed E-state index contributed by atoms with van der Waals surface area (Å²) < 4.78 is 9.88. The molecule has 1 rings (SSSR count). The predicted octanol–water partition coefficient (Wildman–Crippen LogP) is 1.57. The van der Waals surface area contributed by atoms with Crippen LogP contribution in [0.1, 0.15) is 25.0 Å². The lowest BCUT2D eigenvalue weighted by Gasteiger charge is -2.18. The normalized spacial score (nSPS) is 10.2. The van der Waals surface area contributed by atoms with Crippen LogP contribution in [-0.2, 0) is 25.5 Å². The van der Waals surface area contributed by atoms with E-state index in [0.29, 0.717) is 5.69 Å². The summed E-state index contributed by atoms with van der Waals surface area (Å²) in [6.07, 6.45) is -0.694. The lowest BCUT2D eigenvalue weighted by molar-refractivity contribution is -0.184. The average Bonchev–Trinajstić information content (AvgIpc) is 2.21. The van der Waals surface area contributed by atoms with E-state index in [-0.39, 0.29) is 6.42 Å². The van der Waals surface area contributed by atoms with Crippen LogP contribution in [0.25, 0.3) is 0 Å². The molecule has 0 saturated carbocycles. The molecule has 0 fully saturated rings. The van der Waals surface area contributed by atoms with E-state index in [4.69, 9.17) is 15.2 Å². The van der Waals surface area contributed by atoms with Gasteiger partial charge >= 0.3 is 11.9 Å². The third-order valence-corrected chi connectivity index (χ3v) is 2.41. The van der Waals surface area contributed by atoms with Crippen LogP contribution in [0.2, 0.25) is 0 Å². The summed E-state index contributed by atoms with van der Waals surface area (Å²) in [5, 5.41) is 0. The molecule has 1 aromatic rings. The third kappa shape index (κ3) is 4.08. The van der Waals surface area contributed by atoms with Gasteiger partial charge in [0.2, 0.25) is 0 Å². The molecule has 0 amide bonds. The van der Waals surface area contributed by atoms with Gasteiger partial charge in [-0.15, -0.1) is 0 Å². The second-order valence-corrected chi connectivity index (χ2v) is 4.00. The molecule has 0 heterocycles. The molecule has 0 aliphatic heterocycles. The van der Waals surface area contributed by atoms with Crippen LogP contribution < -0.4 is 5.73 Å². The van der Waals surface area contributed by atoms with Crippen molar-refractivity contribution in [2.24, 2.45) is 0 Å². The van der Waals surface area contributed by atoms with E-state index in [9.17, 15) is 9.59 Å². The maximum atomic E-state index is 11.0. The molecule has 2 N–H and O–H groups in total. The van der Waals surface area contributed by atoms with Gasteiger partial charge in [-0.2, -0.15) is 0 Å². The van der Waals surface area contributed by atoms with Crippen molar-refractivity contribution in [2.75, 3.05) is 5.73 Å². The summed E-state index contributed by atoms with van der Waals surface area (Å²) in [6, 6.07) is 5.48. The van der Waals surface area contributed by atoms with Gasteiger partial charge in [0, 0.05) is 26.0 Å². The molecule has 5 heteroatoms. The van der Waals surface area contributed by atoms with Crippen molar-refractivity contribution in [2.45, 2.75) is 33.5 Å². The first-order valence-corrected chi connectivity index (χ1v) is 5.58. The molecule has 1 aromatic carbocycles. The Balaban J connectivity index is 2.88. The highest BCUT2D eigenvalue weighted by molar-refractivity contribution is 5.68. The summed E-state index contributed by atoms with van der Waals surface area (Å²) in [4.78, 5) is 21.9. The van der Waals surface area contributed by atoms with E-state index in [1.165, 1.54) is 13.8 Å². The maximum Gasteiger partial charge on any atom is 0.305 e. The Morgan fingerprint density at radius 2 is 1.78 bits per heavy atom. The second-order valence-electron chi connectivity index (χ2n) is 4.00. The van der Waals surface area contributed by atoms with Gasteiger partial charge in [0.15, 0.2) is 0 Å². The van der Waals surface area contributed by atoms with Crippen LogP contribution >= 0.6 is 0 Å².